The average Bonchev–Trinajstić information content (AvgIpc) is 2.84. The van der Waals surface area contributed by atoms with E-state index in [1.54, 1.807) is 12.4 Å². The maximum Gasteiger partial charge on any atom is 0.291 e. The van der Waals surface area contributed by atoms with Crippen molar-refractivity contribution in [1.82, 2.24) is 30.2 Å². The molecule has 0 radical (unpaired) electrons. The van der Waals surface area contributed by atoms with Gasteiger partial charge in [0.2, 0.25) is 5.82 Å². The lowest BCUT2D eigenvalue weighted by Crippen LogP contribution is -2.52. The number of carbonyl (C=O) groups is 1. The van der Waals surface area contributed by atoms with E-state index in [-0.39, 0.29) is 36.2 Å². The summed E-state index contributed by atoms with van der Waals surface area (Å²) in [5, 5.41) is 10.5. The number of nitrogens with one attached hydrogen (secondary N) is 2. The van der Waals surface area contributed by atoms with Crippen LogP contribution in [0.15, 0.2) is 16.9 Å². The Kier molecular flexibility index (Phi) is 5.13. The van der Waals surface area contributed by atoms with E-state index in [0.29, 0.717) is 5.78 Å². The molecule has 2 N–H and O–H groups in total. The van der Waals surface area contributed by atoms with E-state index in [1.807, 2.05) is 0 Å². The van der Waals surface area contributed by atoms with Crippen LogP contribution in [0.1, 0.15) is 30.4 Å². The summed E-state index contributed by atoms with van der Waals surface area (Å²) in [5.41, 5.74) is 0. The predicted octanol–water partition coefficient (Wildman–Crippen LogP) is 1.18. The van der Waals surface area contributed by atoms with Gasteiger partial charge in [0.25, 0.3) is 11.7 Å². The molecule has 1 aliphatic heterocycles. The molecule has 21 heavy (non-hydrogen) atoms. The number of rotatable bonds is 2. The van der Waals surface area contributed by atoms with Crippen LogP contribution in [-0.4, -0.2) is 44.1 Å². The van der Waals surface area contributed by atoms with E-state index in [4.69, 9.17) is 0 Å². The molecule has 0 bridgehead atoms. The molecule has 2 aromatic heterocycles. The fraction of sp³-hybridized carbons (Fsp3) is 0.500. The van der Waals surface area contributed by atoms with Crippen LogP contribution < -0.4 is 10.6 Å². The van der Waals surface area contributed by atoms with Crippen molar-refractivity contribution in [1.29, 1.82) is 0 Å². The summed E-state index contributed by atoms with van der Waals surface area (Å²) in [7, 11) is 0. The van der Waals surface area contributed by atoms with Crippen LogP contribution in [0.3, 0.4) is 0 Å². The maximum absolute atomic E-state index is 12.2. The van der Waals surface area contributed by atoms with Crippen molar-refractivity contribution in [3.63, 3.8) is 0 Å². The van der Waals surface area contributed by atoms with E-state index in [1.165, 1.54) is 4.52 Å². The Morgan fingerprint density at radius 1 is 1.57 bits per heavy atom. The highest BCUT2D eigenvalue weighted by Crippen LogP contribution is 2.10. The minimum Gasteiger partial charge on any atom is -0.345 e. The second-order valence-corrected chi connectivity index (χ2v) is 5.83. The number of hydrogen-bond donors (Lipinski definition) is 2. The number of piperidine rings is 1. The summed E-state index contributed by atoms with van der Waals surface area (Å²) in [4.78, 5) is 20.4. The first-order chi connectivity index (χ1) is 9.63. The predicted molar refractivity (Wildman–Crippen MR) is 83.7 cm³/mol. The third-order valence-electron chi connectivity index (χ3n) is 3.44. The van der Waals surface area contributed by atoms with Crippen molar-refractivity contribution in [2.24, 2.45) is 0 Å². The number of aromatic nitrogens is 4. The average molecular weight is 376 g/mol. The minimum atomic E-state index is -0.257. The second-order valence-electron chi connectivity index (χ2n) is 4.92. The molecule has 0 spiro atoms. The zero-order valence-electron chi connectivity index (χ0n) is 11.4. The Morgan fingerprint density at radius 3 is 3.14 bits per heavy atom. The van der Waals surface area contributed by atoms with Crippen molar-refractivity contribution in [3.05, 3.63) is 22.7 Å². The first-order valence-corrected chi connectivity index (χ1v) is 7.35. The zero-order chi connectivity index (χ0) is 14.1. The quantitative estimate of drug-likeness (QED) is 0.823. The molecule has 1 aliphatic rings. The van der Waals surface area contributed by atoms with Gasteiger partial charge in [0.05, 0.1) is 4.47 Å². The van der Waals surface area contributed by atoms with E-state index in [9.17, 15) is 4.79 Å². The van der Waals surface area contributed by atoms with Crippen molar-refractivity contribution >= 4 is 40.0 Å². The minimum absolute atomic E-state index is 0. The zero-order valence-corrected chi connectivity index (χ0v) is 13.8. The van der Waals surface area contributed by atoms with Gasteiger partial charge in [-0.3, -0.25) is 4.79 Å². The lowest BCUT2D eigenvalue weighted by molar-refractivity contribution is 0.0909. The lowest BCUT2D eigenvalue weighted by Gasteiger charge is -2.30. The molecule has 2 unspecified atom stereocenters. The van der Waals surface area contributed by atoms with Gasteiger partial charge in [0.15, 0.2) is 0 Å². The van der Waals surface area contributed by atoms with Gasteiger partial charge in [-0.2, -0.15) is 4.98 Å². The standard InChI is InChI=1S/C12H15BrN6O.ClH/c1-7-9(3-2-4-14-7)16-11(20)10-17-12-15-5-8(13)6-19(12)18-10;/h5-7,9,14H,2-4H2,1H3,(H,16,20);1H. The summed E-state index contributed by atoms with van der Waals surface area (Å²) in [6.45, 7) is 3.07. The number of halogens is 2. The Bertz CT molecular complexity index is 648. The molecule has 0 saturated carbocycles. The molecule has 114 valence electrons. The van der Waals surface area contributed by atoms with Gasteiger partial charge in [0, 0.05) is 24.5 Å². The molecule has 9 heteroatoms. The van der Waals surface area contributed by atoms with Crippen LogP contribution in [0.5, 0.6) is 0 Å². The highest BCUT2D eigenvalue weighted by Gasteiger charge is 2.24. The van der Waals surface area contributed by atoms with Crippen molar-refractivity contribution < 1.29 is 4.79 Å². The summed E-state index contributed by atoms with van der Waals surface area (Å²) in [6, 6.07) is 0.375. The molecule has 1 amide bonds. The molecule has 3 heterocycles. The number of amides is 1. The van der Waals surface area contributed by atoms with Gasteiger partial charge in [-0.15, -0.1) is 17.5 Å². The first kappa shape index (κ1) is 16.1. The monoisotopic (exact) mass is 374 g/mol. The van der Waals surface area contributed by atoms with Gasteiger partial charge in [-0.25, -0.2) is 9.50 Å². The summed E-state index contributed by atoms with van der Waals surface area (Å²) < 4.78 is 2.27. The summed E-state index contributed by atoms with van der Waals surface area (Å²) in [6.07, 6.45) is 5.37. The molecule has 0 aromatic carbocycles. The SMILES string of the molecule is CC1NCCCC1NC(=O)c1nc2ncc(Br)cn2n1.Cl. The van der Waals surface area contributed by atoms with E-state index >= 15 is 0 Å². The number of fused-ring (bicyclic) bond motifs is 1. The molecule has 1 fully saturated rings. The lowest BCUT2D eigenvalue weighted by atomic mass is 10.00. The molecule has 2 atom stereocenters. The van der Waals surface area contributed by atoms with E-state index < -0.39 is 0 Å². The second kappa shape index (κ2) is 6.67. The number of hydrogen-bond acceptors (Lipinski definition) is 5. The smallest absolute Gasteiger partial charge is 0.291 e. The molecule has 0 aliphatic carbocycles. The largest absolute Gasteiger partial charge is 0.345 e. The molecule has 2 aromatic rings. The Hall–Kier alpha value is -1.25. The molecular weight excluding hydrogens is 360 g/mol. The van der Waals surface area contributed by atoms with E-state index in [0.717, 1.165) is 23.9 Å². The van der Waals surface area contributed by atoms with Gasteiger partial charge in [-0.1, -0.05) is 0 Å². The van der Waals surface area contributed by atoms with Crippen molar-refractivity contribution in [3.8, 4) is 0 Å². The van der Waals surface area contributed by atoms with E-state index in [2.05, 4.69) is 48.6 Å². The van der Waals surface area contributed by atoms with Crippen LogP contribution in [0.4, 0.5) is 0 Å². The Labute approximate surface area is 136 Å². The Morgan fingerprint density at radius 2 is 2.38 bits per heavy atom. The van der Waals surface area contributed by atoms with Crippen LogP contribution in [-0.2, 0) is 0 Å². The fourth-order valence-corrected chi connectivity index (χ4v) is 2.63. The topological polar surface area (TPSA) is 84.2 Å². The Balaban J connectivity index is 0.00000161. The normalized spacial score (nSPS) is 21.8. The molecule has 7 nitrogen and oxygen atoms in total. The van der Waals surface area contributed by atoms with Gasteiger partial charge >= 0.3 is 0 Å². The fourth-order valence-electron chi connectivity index (χ4n) is 2.33. The van der Waals surface area contributed by atoms with Crippen LogP contribution in [0, 0.1) is 0 Å². The highest BCUT2D eigenvalue weighted by atomic mass is 79.9. The molecule has 3 rings (SSSR count). The first-order valence-electron chi connectivity index (χ1n) is 6.55. The highest BCUT2D eigenvalue weighted by molar-refractivity contribution is 9.10. The van der Waals surface area contributed by atoms with Gasteiger partial charge < -0.3 is 10.6 Å². The van der Waals surface area contributed by atoms with Crippen LogP contribution in [0.2, 0.25) is 0 Å². The van der Waals surface area contributed by atoms with Crippen LogP contribution >= 0.6 is 28.3 Å². The molecule has 1 saturated heterocycles. The number of nitrogens with zero attached hydrogens (tertiary/aromatic N) is 4. The van der Waals surface area contributed by atoms with Gasteiger partial charge in [0.1, 0.15) is 0 Å². The third kappa shape index (κ3) is 3.50. The maximum atomic E-state index is 12.2. The molecular formula is C12H16BrClN6O. The van der Waals surface area contributed by atoms with Crippen molar-refractivity contribution in [2.45, 2.75) is 31.8 Å². The van der Waals surface area contributed by atoms with Gasteiger partial charge in [-0.05, 0) is 42.2 Å². The summed E-state index contributed by atoms with van der Waals surface area (Å²) in [5.74, 6) is 0.300. The van der Waals surface area contributed by atoms with Crippen molar-refractivity contribution in [2.75, 3.05) is 6.54 Å². The number of carbonyl (C=O) groups excluding carboxylic acids is 1. The third-order valence-corrected chi connectivity index (χ3v) is 3.85. The summed E-state index contributed by atoms with van der Waals surface area (Å²) >= 11 is 3.31. The van der Waals surface area contributed by atoms with Crippen LogP contribution in [0.25, 0.3) is 5.78 Å².